The highest BCUT2D eigenvalue weighted by atomic mass is 16.4. The Bertz CT molecular complexity index is 1760. The van der Waals surface area contributed by atoms with Crippen molar-refractivity contribution in [2.45, 2.75) is 0 Å². The predicted molar refractivity (Wildman–Crippen MR) is 138 cm³/mol. The molecule has 0 aliphatic carbocycles. The summed E-state index contributed by atoms with van der Waals surface area (Å²) in [4.78, 5) is 46.9. The molecule has 0 spiro atoms. The van der Waals surface area contributed by atoms with Gasteiger partial charge in [-0.05, 0) is 72.8 Å². The highest BCUT2D eigenvalue weighted by Crippen LogP contribution is 2.36. The van der Waals surface area contributed by atoms with Crippen LogP contribution in [0.15, 0.2) is 72.8 Å². The molecule has 2 aromatic heterocycles. The molecule has 10 nitrogen and oxygen atoms in total. The van der Waals surface area contributed by atoms with E-state index >= 15 is 0 Å². The molecule has 0 amide bonds. The van der Waals surface area contributed by atoms with Crippen LogP contribution in [0, 0.1) is 0 Å². The zero-order valence-corrected chi connectivity index (χ0v) is 19.2. The van der Waals surface area contributed by atoms with Gasteiger partial charge in [0.2, 0.25) is 0 Å². The van der Waals surface area contributed by atoms with E-state index in [1.165, 1.54) is 48.5 Å². The lowest BCUT2D eigenvalue weighted by molar-refractivity contribution is 0.0686. The summed E-state index contributed by atoms with van der Waals surface area (Å²) in [5.74, 6) is -4.55. The molecule has 186 valence electrons. The van der Waals surface area contributed by atoms with E-state index in [9.17, 15) is 39.6 Å². The van der Waals surface area contributed by atoms with Crippen molar-refractivity contribution < 1.29 is 39.6 Å². The van der Waals surface area contributed by atoms with Crippen molar-refractivity contribution in [1.29, 1.82) is 0 Å². The monoisotopic (exact) mass is 508 g/mol. The zero-order chi connectivity index (χ0) is 26.9. The van der Waals surface area contributed by atoms with E-state index in [1.54, 1.807) is 33.6 Å². The molecule has 0 fully saturated rings. The number of aromatic carboxylic acids is 4. The lowest BCUT2D eigenvalue weighted by Crippen LogP contribution is -2.09. The second-order valence-corrected chi connectivity index (χ2v) is 8.77. The van der Waals surface area contributed by atoms with Crippen molar-refractivity contribution in [3.63, 3.8) is 0 Å². The molecule has 6 aromatic rings. The highest BCUT2D eigenvalue weighted by Gasteiger charge is 2.21. The van der Waals surface area contributed by atoms with Gasteiger partial charge in [0, 0.05) is 21.5 Å². The first kappa shape index (κ1) is 22.8. The molecule has 10 heteroatoms. The smallest absolute Gasteiger partial charge is 0.335 e. The second-order valence-electron chi connectivity index (χ2n) is 8.77. The van der Waals surface area contributed by atoms with Crippen molar-refractivity contribution in [1.82, 2.24) is 9.35 Å². The van der Waals surface area contributed by atoms with Gasteiger partial charge in [-0.3, -0.25) is 0 Å². The average Bonchev–Trinajstić information content (AvgIpc) is 3.38. The van der Waals surface area contributed by atoms with Gasteiger partial charge in [-0.2, -0.15) is 0 Å². The molecule has 4 N–H and O–H groups in total. The molecule has 4 aromatic carbocycles. The summed E-state index contributed by atoms with van der Waals surface area (Å²) in [7, 11) is 0. The van der Waals surface area contributed by atoms with Crippen LogP contribution in [0.1, 0.15) is 41.4 Å². The number of fused-ring (bicyclic) bond motifs is 6. The fraction of sp³-hybridized carbons (Fsp3) is 0. The molecule has 6 rings (SSSR count). The minimum atomic E-state index is -1.14. The van der Waals surface area contributed by atoms with E-state index in [0.717, 1.165) is 0 Å². The SMILES string of the molecule is O=C(O)c1ccc2c(c1)c1cc(C(=O)O)ccc1n2-n1c2ccc(C(=O)O)cc2c2cc(C(=O)O)ccc21. The minimum Gasteiger partial charge on any atom is -0.478 e. The Morgan fingerprint density at radius 1 is 0.395 bits per heavy atom. The molecular weight excluding hydrogens is 492 g/mol. The molecule has 2 heterocycles. The summed E-state index contributed by atoms with van der Waals surface area (Å²) in [5.41, 5.74) is 2.36. The first-order chi connectivity index (χ1) is 18.2. The van der Waals surface area contributed by atoms with Crippen LogP contribution in [0.2, 0.25) is 0 Å². The molecule has 0 saturated carbocycles. The van der Waals surface area contributed by atoms with Crippen LogP contribution in [-0.2, 0) is 0 Å². The van der Waals surface area contributed by atoms with Crippen LogP contribution in [0.3, 0.4) is 0 Å². The normalized spacial score (nSPS) is 11.5. The third-order valence-electron chi connectivity index (χ3n) is 6.67. The Labute approximate surface area is 211 Å². The third kappa shape index (κ3) is 3.21. The number of rotatable bonds is 5. The van der Waals surface area contributed by atoms with Crippen LogP contribution >= 0.6 is 0 Å². The fourth-order valence-corrected chi connectivity index (χ4v) is 4.97. The standard InChI is InChI=1S/C28H16N2O8/c31-25(32)13-1-5-21-17(9-13)18-10-14(26(33)34)2-6-22(18)29(21)30-23-7-3-15(27(35)36)11-19(23)20-12-16(28(37)38)4-8-24(20)30/h1-12H,(H,31,32)(H,33,34)(H,35,36)(H,37,38). The average molecular weight is 508 g/mol. The summed E-state index contributed by atoms with van der Waals surface area (Å²) in [5, 5.41) is 40.3. The molecule has 38 heavy (non-hydrogen) atoms. The number of hydrogen-bond acceptors (Lipinski definition) is 4. The van der Waals surface area contributed by atoms with Crippen molar-refractivity contribution in [2.75, 3.05) is 0 Å². The van der Waals surface area contributed by atoms with Gasteiger partial charge in [0.25, 0.3) is 0 Å². The van der Waals surface area contributed by atoms with Gasteiger partial charge in [-0.25, -0.2) is 28.5 Å². The Morgan fingerprint density at radius 3 is 0.789 bits per heavy atom. The Hall–Kier alpha value is -5.64. The third-order valence-corrected chi connectivity index (χ3v) is 6.67. The summed E-state index contributed by atoms with van der Waals surface area (Å²) in [6.45, 7) is 0. The predicted octanol–water partition coefficient (Wildman–Crippen LogP) is 5.01. The Balaban J connectivity index is 1.82. The van der Waals surface area contributed by atoms with Gasteiger partial charge < -0.3 is 20.4 Å². The summed E-state index contributed by atoms with van der Waals surface area (Å²) >= 11 is 0. The summed E-state index contributed by atoms with van der Waals surface area (Å²) in [6.07, 6.45) is 0. The van der Waals surface area contributed by atoms with E-state index in [0.29, 0.717) is 43.6 Å². The van der Waals surface area contributed by atoms with E-state index < -0.39 is 23.9 Å². The molecule has 0 atom stereocenters. The highest BCUT2D eigenvalue weighted by molar-refractivity contribution is 6.15. The number of hydrogen-bond donors (Lipinski definition) is 4. The first-order valence-corrected chi connectivity index (χ1v) is 11.3. The Morgan fingerprint density at radius 2 is 0.605 bits per heavy atom. The van der Waals surface area contributed by atoms with Crippen molar-refractivity contribution in [2.24, 2.45) is 0 Å². The molecule has 0 saturated heterocycles. The largest absolute Gasteiger partial charge is 0.478 e. The number of benzene rings is 4. The number of carboxylic acid groups (broad SMARTS) is 4. The topological polar surface area (TPSA) is 159 Å². The van der Waals surface area contributed by atoms with Gasteiger partial charge in [-0.1, -0.05) is 0 Å². The molecule has 0 unspecified atom stereocenters. The maximum absolute atomic E-state index is 11.7. The maximum Gasteiger partial charge on any atom is 0.335 e. The minimum absolute atomic E-state index is 0.0247. The zero-order valence-electron chi connectivity index (χ0n) is 19.2. The van der Waals surface area contributed by atoms with E-state index in [2.05, 4.69) is 0 Å². The Kier molecular flexibility index (Phi) is 4.76. The van der Waals surface area contributed by atoms with Crippen molar-refractivity contribution >= 4 is 67.5 Å². The van der Waals surface area contributed by atoms with Crippen LogP contribution in [0.5, 0.6) is 0 Å². The lowest BCUT2D eigenvalue weighted by Gasteiger charge is -2.13. The van der Waals surface area contributed by atoms with Crippen molar-refractivity contribution in [3.05, 3.63) is 95.1 Å². The maximum atomic E-state index is 11.7. The van der Waals surface area contributed by atoms with Gasteiger partial charge in [-0.15, -0.1) is 0 Å². The number of carbonyl (C=O) groups is 4. The van der Waals surface area contributed by atoms with Gasteiger partial charge in [0.05, 0.1) is 44.3 Å². The van der Waals surface area contributed by atoms with Crippen LogP contribution in [0.4, 0.5) is 0 Å². The van der Waals surface area contributed by atoms with Crippen molar-refractivity contribution in [3.8, 4) is 0 Å². The number of nitrogens with zero attached hydrogens (tertiary/aromatic N) is 2. The van der Waals surface area contributed by atoms with Crippen LogP contribution < -0.4 is 0 Å². The fourth-order valence-electron chi connectivity index (χ4n) is 4.97. The molecule has 0 bridgehead atoms. The van der Waals surface area contributed by atoms with Gasteiger partial charge >= 0.3 is 23.9 Å². The number of carboxylic acids is 4. The van der Waals surface area contributed by atoms with Gasteiger partial charge in [0.15, 0.2) is 0 Å². The van der Waals surface area contributed by atoms with E-state index in [-0.39, 0.29) is 22.3 Å². The molecule has 0 aliphatic heterocycles. The lowest BCUT2D eigenvalue weighted by atomic mass is 10.1. The summed E-state index contributed by atoms with van der Waals surface area (Å²) in [6, 6.07) is 18.1. The van der Waals surface area contributed by atoms with E-state index in [1.807, 2.05) is 0 Å². The molecular formula is C28H16N2O8. The van der Waals surface area contributed by atoms with Gasteiger partial charge in [0.1, 0.15) is 0 Å². The van der Waals surface area contributed by atoms with E-state index in [4.69, 9.17) is 0 Å². The first-order valence-electron chi connectivity index (χ1n) is 11.3. The summed E-state index contributed by atoms with van der Waals surface area (Å²) < 4.78 is 3.57. The quantitative estimate of drug-likeness (QED) is 0.253. The van der Waals surface area contributed by atoms with Crippen LogP contribution in [-0.4, -0.2) is 53.7 Å². The number of aromatic nitrogens is 2. The molecule has 0 radical (unpaired) electrons. The molecule has 0 aliphatic rings. The second kappa shape index (κ2) is 7.93. The van der Waals surface area contributed by atoms with Crippen LogP contribution in [0.25, 0.3) is 43.6 Å².